The molecule has 0 bridgehead atoms. The van der Waals surface area contributed by atoms with Crippen LogP contribution < -0.4 is 5.32 Å². The summed E-state index contributed by atoms with van der Waals surface area (Å²) in [6, 6.07) is 15.2. The third-order valence-electron chi connectivity index (χ3n) is 5.87. The van der Waals surface area contributed by atoms with Crippen molar-refractivity contribution in [2.45, 2.75) is 26.9 Å². The first kappa shape index (κ1) is 24.0. The summed E-state index contributed by atoms with van der Waals surface area (Å²) in [5, 5.41) is 13.8. The highest BCUT2D eigenvalue weighted by Gasteiger charge is 2.17. The van der Waals surface area contributed by atoms with Crippen molar-refractivity contribution in [2.75, 3.05) is 5.32 Å². The summed E-state index contributed by atoms with van der Waals surface area (Å²) in [5.74, 6) is -0.191. The van der Waals surface area contributed by atoms with Crippen molar-refractivity contribution in [1.82, 2.24) is 24.5 Å². The van der Waals surface area contributed by atoms with Gasteiger partial charge in [0.15, 0.2) is 11.5 Å². The molecule has 0 spiro atoms. The van der Waals surface area contributed by atoms with E-state index in [1.54, 1.807) is 52.0 Å². The summed E-state index contributed by atoms with van der Waals surface area (Å²) in [7, 11) is 0. The van der Waals surface area contributed by atoms with Crippen LogP contribution in [0.15, 0.2) is 60.8 Å². The summed E-state index contributed by atoms with van der Waals surface area (Å²) < 4.78 is 16.7. The van der Waals surface area contributed by atoms with Crippen LogP contribution in [0.1, 0.15) is 17.0 Å². The molecule has 0 aliphatic rings. The number of fused-ring (bicyclic) bond motifs is 1. The lowest BCUT2D eigenvalue weighted by Crippen LogP contribution is -2.20. The Kier molecular flexibility index (Phi) is 6.47. The molecule has 2 aromatic carbocycles. The molecule has 7 nitrogen and oxygen atoms in total. The summed E-state index contributed by atoms with van der Waals surface area (Å²) in [5.41, 5.74) is 4.60. The van der Waals surface area contributed by atoms with Crippen LogP contribution in [0.25, 0.3) is 22.2 Å². The first-order valence-electron chi connectivity index (χ1n) is 11.2. The highest BCUT2D eigenvalue weighted by molar-refractivity contribution is 6.36. The summed E-state index contributed by atoms with van der Waals surface area (Å²) >= 11 is 12.6. The molecule has 182 valence electrons. The van der Waals surface area contributed by atoms with Crippen LogP contribution in [0.5, 0.6) is 0 Å². The number of nitrogens with zero attached hydrogens (tertiary/aromatic N) is 5. The second-order valence-electron chi connectivity index (χ2n) is 8.38. The van der Waals surface area contributed by atoms with E-state index in [9.17, 15) is 9.18 Å². The van der Waals surface area contributed by atoms with Crippen LogP contribution in [-0.4, -0.2) is 30.5 Å². The van der Waals surface area contributed by atoms with Crippen molar-refractivity contribution in [1.29, 1.82) is 0 Å². The number of carbonyl (C=O) groups is 1. The number of aryl methyl sites for hydroxylation is 2. The number of halogens is 3. The van der Waals surface area contributed by atoms with Gasteiger partial charge in [-0.15, -0.1) is 0 Å². The lowest BCUT2D eigenvalue weighted by molar-refractivity contribution is -0.116. The molecule has 0 radical (unpaired) electrons. The Morgan fingerprint density at radius 1 is 1.00 bits per heavy atom. The van der Waals surface area contributed by atoms with Crippen LogP contribution in [0.3, 0.4) is 0 Å². The lowest BCUT2D eigenvalue weighted by atomic mass is 10.0. The van der Waals surface area contributed by atoms with E-state index in [0.29, 0.717) is 28.1 Å². The van der Waals surface area contributed by atoms with E-state index in [-0.39, 0.29) is 18.3 Å². The van der Waals surface area contributed by atoms with Crippen LogP contribution in [0.2, 0.25) is 10.0 Å². The standard InChI is InChI=1S/C26H21Cl2FN6O/c1-15-12-23(33-34(15)13-20-21(27)4-3-5-22(20)28)31-24(36)14-35-26-25(16(2)32-35)19(10-11-30-26)17-6-8-18(29)9-7-17/h3-12H,13-14H2,1-2H3,(H,31,33,36). The Bertz CT molecular complexity index is 1570. The van der Waals surface area contributed by atoms with Crippen LogP contribution >= 0.6 is 23.2 Å². The monoisotopic (exact) mass is 522 g/mol. The molecule has 3 heterocycles. The predicted octanol–water partition coefficient (Wildman–Crippen LogP) is 6.04. The molecule has 5 rings (SSSR count). The fourth-order valence-corrected chi connectivity index (χ4v) is 4.66. The van der Waals surface area contributed by atoms with Crippen molar-refractivity contribution >= 4 is 46.0 Å². The third-order valence-corrected chi connectivity index (χ3v) is 6.58. The van der Waals surface area contributed by atoms with Crippen molar-refractivity contribution in [3.05, 3.63) is 93.6 Å². The molecule has 10 heteroatoms. The number of hydrogen-bond donors (Lipinski definition) is 1. The minimum atomic E-state index is -0.305. The van der Waals surface area contributed by atoms with Gasteiger partial charge in [0.25, 0.3) is 0 Å². The second kappa shape index (κ2) is 9.72. The van der Waals surface area contributed by atoms with Crippen LogP contribution in [0, 0.1) is 19.7 Å². The number of nitrogens with one attached hydrogen (secondary N) is 1. The summed E-state index contributed by atoms with van der Waals surface area (Å²) in [6.45, 7) is 4.07. The molecule has 1 N–H and O–H groups in total. The maximum absolute atomic E-state index is 13.4. The topological polar surface area (TPSA) is 77.6 Å². The smallest absolute Gasteiger partial charge is 0.247 e. The van der Waals surface area contributed by atoms with E-state index in [0.717, 1.165) is 33.5 Å². The number of aromatic nitrogens is 5. The van der Waals surface area contributed by atoms with E-state index in [4.69, 9.17) is 23.2 Å². The molecule has 0 saturated carbocycles. The molecule has 36 heavy (non-hydrogen) atoms. The number of pyridine rings is 1. The van der Waals surface area contributed by atoms with Gasteiger partial charge in [-0.3, -0.25) is 9.48 Å². The van der Waals surface area contributed by atoms with E-state index < -0.39 is 0 Å². The quantitative estimate of drug-likeness (QED) is 0.294. The average Bonchev–Trinajstić information content (AvgIpc) is 3.35. The molecule has 0 saturated heterocycles. The maximum Gasteiger partial charge on any atom is 0.247 e. The fraction of sp³-hybridized carbons (Fsp3) is 0.154. The Labute approximate surface area is 216 Å². The molecule has 0 fully saturated rings. The van der Waals surface area contributed by atoms with Gasteiger partial charge in [0.05, 0.1) is 12.2 Å². The maximum atomic E-state index is 13.4. The molecule has 1 amide bonds. The van der Waals surface area contributed by atoms with Crippen molar-refractivity contribution in [3.8, 4) is 11.1 Å². The summed E-state index contributed by atoms with van der Waals surface area (Å²) in [4.78, 5) is 17.3. The zero-order valence-corrected chi connectivity index (χ0v) is 21.0. The van der Waals surface area contributed by atoms with Gasteiger partial charge in [0.2, 0.25) is 5.91 Å². The Hall–Kier alpha value is -3.75. The largest absolute Gasteiger partial charge is 0.308 e. The molecule has 0 aliphatic heterocycles. The van der Waals surface area contributed by atoms with E-state index >= 15 is 0 Å². The van der Waals surface area contributed by atoms with Crippen LogP contribution in [-0.2, 0) is 17.9 Å². The average molecular weight is 523 g/mol. The normalized spacial score (nSPS) is 11.2. The first-order chi connectivity index (χ1) is 17.3. The number of rotatable bonds is 6. The molecule has 0 atom stereocenters. The van der Waals surface area contributed by atoms with Gasteiger partial charge >= 0.3 is 0 Å². The number of hydrogen-bond acceptors (Lipinski definition) is 4. The number of benzene rings is 2. The zero-order chi connectivity index (χ0) is 25.4. The van der Waals surface area contributed by atoms with Crippen molar-refractivity contribution in [2.24, 2.45) is 0 Å². The minimum Gasteiger partial charge on any atom is -0.308 e. The highest BCUT2D eigenvalue weighted by Crippen LogP contribution is 2.30. The Morgan fingerprint density at radius 3 is 2.44 bits per heavy atom. The molecular weight excluding hydrogens is 502 g/mol. The van der Waals surface area contributed by atoms with Gasteiger partial charge < -0.3 is 5.32 Å². The van der Waals surface area contributed by atoms with Gasteiger partial charge in [-0.25, -0.2) is 14.1 Å². The highest BCUT2D eigenvalue weighted by atomic mass is 35.5. The number of amides is 1. The predicted molar refractivity (Wildman–Crippen MR) is 139 cm³/mol. The van der Waals surface area contributed by atoms with E-state index in [1.807, 2.05) is 19.9 Å². The van der Waals surface area contributed by atoms with Gasteiger partial charge in [0, 0.05) is 39.0 Å². The van der Waals surface area contributed by atoms with E-state index in [2.05, 4.69) is 20.5 Å². The van der Waals surface area contributed by atoms with Crippen LogP contribution in [0.4, 0.5) is 10.2 Å². The SMILES string of the molecule is Cc1nn(CC(=O)Nc2cc(C)n(Cc3c(Cl)cccc3Cl)n2)c2nccc(-c3ccc(F)cc3)c12. The van der Waals surface area contributed by atoms with Crippen molar-refractivity contribution in [3.63, 3.8) is 0 Å². The minimum absolute atomic E-state index is 0.0491. The van der Waals surface area contributed by atoms with E-state index in [1.165, 1.54) is 12.1 Å². The lowest BCUT2D eigenvalue weighted by Gasteiger charge is -2.08. The number of carbonyl (C=O) groups excluding carboxylic acids is 1. The second-order valence-corrected chi connectivity index (χ2v) is 9.20. The molecular formula is C26H21Cl2FN6O. The molecule has 0 unspecified atom stereocenters. The first-order valence-corrected chi connectivity index (χ1v) is 11.9. The van der Waals surface area contributed by atoms with Gasteiger partial charge in [0.1, 0.15) is 12.4 Å². The molecule has 3 aromatic heterocycles. The molecule has 5 aromatic rings. The summed E-state index contributed by atoms with van der Waals surface area (Å²) in [6.07, 6.45) is 1.65. The Morgan fingerprint density at radius 2 is 1.72 bits per heavy atom. The van der Waals surface area contributed by atoms with Gasteiger partial charge in [-0.2, -0.15) is 10.2 Å². The third kappa shape index (κ3) is 4.69. The van der Waals surface area contributed by atoms with Crippen molar-refractivity contribution < 1.29 is 9.18 Å². The Balaban J connectivity index is 1.36. The van der Waals surface area contributed by atoms with Gasteiger partial charge in [-0.05, 0) is 55.3 Å². The fourth-order valence-electron chi connectivity index (χ4n) is 4.14. The zero-order valence-electron chi connectivity index (χ0n) is 19.5. The van der Waals surface area contributed by atoms with Gasteiger partial charge in [-0.1, -0.05) is 41.4 Å². The number of anilines is 1. The molecule has 0 aliphatic carbocycles.